The Morgan fingerprint density at radius 2 is 2.35 bits per heavy atom. The third-order valence-corrected chi connectivity index (χ3v) is 1.97. The Morgan fingerprint density at radius 3 is 3.00 bits per heavy atom. The maximum absolute atomic E-state index is 11.8. The molecule has 0 aliphatic carbocycles. The molecule has 0 fully saturated rings. The number of anilines is 2. The molecule has 2 aromatic rings. The quantitative estimate of drug-likeness (QED) is 0.516. The summed E-state index contributed by atoms with van der Waals surface area (Å²) in [4.78, 5) is 19.5. The molecule has 8 nitrogen and oxygen atoms in total. The van der Waals surface area contributed by atoms with Gasteiger partial charge < -0.3 is 9.95 Å². The number of aromatic nitrogens is 3. The van der Waals surface area contributed by atoms with Crippen molar-refractivity contribution in [3.8, 4) is 0 Å². The van der Waals surface area contributed by atoms with Gasteiger partial charge >= 0.3 is 6.01 Å². The lowest BCUT2D eigenvalue weighted by Crippen LogP contribution is -2.17. The molecule has 1 amide bonds. The lowest BCUT2D eigenvalue weighted by Gasteiger charge is -2.05. The average Bonchev–Trinajstić information content (AvgIpc) is 2.74. The number of pyridine rings is 1. The minimum atomic E-state index is -0.413. The van der Waals surface area contributed by atoms with E-state index in [-0.39, 0.29) is 6.01 Å². The first-order chi connectivity index (χ1) is 8.20. The van der Waals surface area contributed by atoms with E-state index in [1.807, 2.05) is 0 Å². The highest BCUT2D eigenvalue weighted by molar-refractivity contribution is 6.06. The van der Waals surface area contributed by atoms with Crippen molar-refractivity contribution in [2.24, 2.45) is 5.84 Å². The maximum atomic E-state index is 11.8. The van der Waals surface area contributed by atoms with Gasteiger partial charge in [0.05, 0.1) is 17.4 Å². The molecule has 0 spiro atoms. The van der Waals surface area contributed by atoms with Crippen LogP contribution in [0.3, 0.4) is 0 Å². The summed E-state index contributed by atoms with van der Waals surface area (Å²) in [7, 11) is 0. The van der Waals surface area contributed by atoms with Gasteiger partial charge in [0, 0.05) is 6.20 Å². The molecule has 2 heterocycles. The highest BCUT2D eigenvalue weighted by Gasteiger charge is 2.13. The van der Waals surface area contributed by atoms with Crippen LogP contribution in [0.4, 0.5) is 11.7 Å². The van der Waals surface area contributed by atoms with Gasteiger partial charge in [0.15, 0.2) is 5.82 Å². The average molecular weight is 234 g/mol. The minimum absolute atomic E-state index is 0.0345. The predicted octanol–water partition coefficient (Wildman–Crippen LogP) is 0.311. The second-order valence-electron chi connectivity index (χ2n) is 3.17. The molecule has 2 aromatic heterocycles. The van der Waals surface area contributed by atoms with Gasteiger partial charge in [-0.05, 0) is 13.0 Å². The number of nitrogen functional groups attached to an aromatic ring is 1. The highest BCUT2D eigenvalue weighted by Crippen LogP contribution is 2.13. The summed E-state index contributed by atoms with van der Waals surface area (Å²) in [6, 6.07) is 1.56. The molecule has 0 aliphatic heterocycles. The zero-order chi connectivity index (χ0) is 12.3. The Kier molecular flexibility index (Phi) is 2.97. The molecule has 0 radical (unpaired) electrons. The van der Waals surface area contributed by atoms with Gasteiger partial charge in [0.2, 0.25) is 0 Å². The zero-order valence-corrected chi connectivity index (χ0v) is 8.97. The van der Waals surface area contributed by atoms with Crippen LogP contribution in [0, 0.1) is 6.92 Å². The number of carbonyl (C=O) groups excluding carboxylic acids is 1. The number of hydrazine groups is 1. The van der Waals surface area contributed by atoms with Crippen LogP contribution in [0.2, 0.25) is 0 Å². The van der Waals surface area contributed by atoms with Gasteiger partial charge in [-0.3, -0.25) is 20.9 Å². The predicted molar refractivity (Wildman–Crippen MR) is 59.0 cm³/mol. The molecule has 88 valence electrons. The van der Waals surface area contributed by atoms with Gasteiger partial charge in [0.25, 0.3) is 5.91 Å². The second-order valence-corrected chi connectivity index (χ2v) is 3.17. The molecule has 2 rings (SSSR count). The van der Waals surface area contributed by atoms with E-state index in [1.54, 1.807) is 6.92 Å². The number of aryl methyl sites for hydroxylation is 1. The van der Waals surface area contributed by atoms with E-state index < -0.39 is 5.91 Å². The SMILES string of the molecule is Cc1noc(NC(=O)c2ccncc2NN)n1. The summed E-state index contributed by atoms with van der Waals surface area (Å²) < 4.78 is 4.77. The van der Waals surface area contributed by atoms with Crippen LogP contribution in [-0.2, 0) is 0 Å². The number of nitrogens with one attached hydrogen (secondary N) is 2. The first-order valence-corrected chi connectivity index (χ1v) is 4.73. The fourth-order valence-electron chi connectivity index (χ4n) is 1.22. The number of amides is 1. The van der Waals surface area contributed by atoms with Gasteiger partial charge in [0.1, 0.15) is 0 Å². The largest absolute Gasteiger partial charge is 0.328 e. The number of carbonyl (C=O) groups is 1. The van der Waals surface area contributed by atoms with Crippen LogP contribution >= 0.6 is 0 Å². The summed E-state index contributed by atoms with van der Waals surface area (Å²) in [5.41, 5.74) is 3.11. The van der Waals surface area contributed by atoms with Crippen LogP contribution in [0.15, 0.2) is 23.0 Å². The summed E-state index contributed by atoms with van der Waals surface area (Å²) in [5.74, 6) is 5.29. The smallest absolute Gasteiger partial charge is 0.322 e. The Labute approximate surface area is 96.2 Å². The molecular formula is C9H10N6O2. The highest BCUT2D eigenvalue weighted by atomic mass is 16.5. The Bertz CT molecular complexity index is 538. The monoisotopic (exact) mass is 234 g/mol. The summed E-state index contributed by atoms with van der Waals surface area (Å²) >= 11 is 0. The minimum Gasteiger partial charge on any atom is -0.322 e. The Balaban J connectivity index is 2.20. The Morgan fingerprint density at radius 1 is 1.53 bits per heavy atom. The van der Waals surface area contributed by atoms with Crippen molar-refractivity contribution in [2.45, 2.75) is 6.92 Å². The number of rotatable bonds is 3. The van der Waals surface area contributed by atoms with Crippen molar-refractivity contribution in [3.63, 3.8) is 0 Å². The van der Waals surface area contributed by atoms with E-state index >= 15 is 0 Å². The molecule has 0 unspecified atom stereocenters. The molecule has 0 aliphatic rings. The molecule has 0 atom stereocenters. The second kappa shape index (κ2) is 4.58. The molecular weight excluding hydrogens is 224 g/mol. The van der Waals surface area contributed by atoms with Crippen LogP contribution in [0.1, 0.15) is 16.2 Å². The third-order valence-electron chi connectivity index (χ3n) is 1.97. The van der Waals surface area contributed by atoms with Crippen molar-refractivity contribution in [1.82, 2.24) is 15.1 Å². The first kappa shape index (κ1) is 11.0. The number of hydrogen-bond acceptors (Lipinski definition) is 7. The molecule has 0 saturated heterocycles. The van der Waals surface area contributed by atoms with Crippen LogP contribution in [0.5, 0.6) is 0 Å². The van der Waals surface area contributed by atoms with E-state index in [1.165, 1.54) is 18.5 Å². The maximum Gasteiger partial charge on any atom is 0.328 e. The lowest BCUT2D eigenvalue weighted by atomic mass is 10.2. The van der Waals surface area contributed by atoms with Crippen molar-refractivity contribution in [3.05, 3.63) is 29.8 Å². The van der Waals surface area contributed by atoms with E-state index in [9.17, 15) is 4.79 Å². The first-order valence-electron chi connectivity index (χ1n) is 4.73. The summed E-state index contributed by atoms with van der Waals surface area (Å²) in [5, 5.41) is 6.00. The van der Waals surface area contributed by atoms with Crippen molar-refractivity contribution in [2.75, 3.05) is 10.7 Å². The van der Waals surface area contributed by atoms with Gasteiger partial charge in [-0.15, -0.1) is 0 Å². The number of nitrogens with zero attached hydrogens (tertiary/aromatic N) is 3. The summed E-state index contributed by atoms with van der Waals surface area (Å²) in [6.07, 6.45) is 2.92. The molecule has 0 saturated carbocycles. The molecule has 0 bridgehead atoms. The van der Waals surface area contributed by atoms with E-state index in [0.29, 0.717) is 17.1 Å². The molecule has 0 aromatic carbocycles. The van der Waals surface area contributed by atoms with Crippen LogP contribution in [-0.4, -0.2) is 21.0 Å². The van der Waals surface area contributed by atoms with Crippen molar-refractivity contribution >= 4 is 17.6 Å². The van der Waals surface area contributed by atoms with Gasteiger partial charge in [-0.2, -0.15) is 4.98 Å². The normalized spacial score (nSPS) is 10.0. The van der Waals surface area contributed by atoms with Crippen LogP contribution < -0.4 is 16.6 Å². The van der Waals surface area contributed by atoms with Crippen molar-refractivity contribution in [1.29, 1.82) is 0 Å². The number of hydrogen-bond donors (Lipinski definition) is 3. The topological polar surface area (TPSA) is 119 Å². The fraction of sp³-hybridized carbons (Fsp3) is 0.111. The zero-order valence-electron chi connectivity index (χ0n) is 8.97. The van der Waals surface area contributed by atoms with Crippen molar-refractivity contribution < 1.29 is 9.32 Å². The molecule has 8 heteroatoms. The van der Waals surface area contributed by atoms with E-state index in [4.69, 9.17) is 10.4 Å². The standard InChI is InChI=1S/C9H10N6O2/c1-5-12-9(17-15-5)13-8(16)6-2-3-11-4-7(6)14-10/h2-4,14H,10H2,1H3,(H,12,13,15,16). The lowest BCUT2D eigenvalue weighted by molar-refractivity contribution is 0.102. The molecule has 17 heavy (non-hydrogen) atoms. The van der Waals surface area contributed by atoms with Gasteiger partial charge in [-0.1, -0.05) is 5.16 Å². The number of nitrogens with two attached hydrogens (primary N) is 1. The van der Waals surface area contributed by atoms with Crippen LogP contribution in [0.25, 0.3) is 0 Å². The van der Waals surface area contributed by atoms with Gasteiger partial charge in [-0.25, -0.2) is 0 Å². The third kappa shape index (κ3) is 2.37. The molecule has 4 N–H and O–H groups in total. The Hall–Kier alpha value is -2.48. The van der Waals surface area contributed by atoms with E-state index in [2.05, 4.69) is 25.9 Å². The van der Waals surface area contributed by atoms with E-state index in [0.717, 1.165) is 0 Å². The fourth-order valence-corrected chi connectivity index (χ4v) is 1.22. The summed E-state index contributed by atoms with van der Waals surface area (Å²) in [6.45, 7) is 1.65.